The number of hydrogen-bond donors (Lipinski definition) is 1. The second-order valence-electron chi connectivity index (χ2n) is 3.63. The van der Waals surface area contributed by atoms with Crippen molar-refractivity contribution < 1.29 is 10.1 Å². The third-order valence-corrected chi connectivity index (χ3v) is 2.27. The van der Waals surface area contributed by atoms with E-state index in [4.69, 9.17) is 4.74 Å². The van der Waals surface area contributed by atoms with Crippen molar-refractivity contribution >= 4 is 0 Å². The zero-order valence-electron chi connectivity index (χ0n) is 9.46. The van der Waals surface area contributed by atoms with Gasteiger partial charge in [0, 0.05) is 5.56 Å². The van der Waals surface area contributed by atoms with Crippen LogP contribution in [0.2, 0.25) is 0 Å². The van der Waals surface area contributed by atoms with Crippen molar-refractivity contribution in [3.8, 4) is 5.75 Å². The summed E-state index contributed by atoms with van der Waals surface area (Å²) in [6.45, 7) is 3.82. The summed E-state index contributed by atoms with van der Waals surface area (Å²) >= 11 is 0. The molecule has 0 aromatic heterocycles. The van der Waals surface area contributed by atoms with Gasteiger partial charge in [0.1, 0.15) is 12.3 Å². The summed E-state index contributed by atoms with van der Waals surface area (Å²) in [6, 6.07) is 8.15. The Labute approximate surface area is 92.6 Å². The summed E-state index contributed by atoms with van der Waals surface area (Å²) < 4.78 is 5.61. The first kappa shape index (κ1) is 12.1. The summed E-state index contributed by atoms with van der Waals surface area (Å²) in [5.41, 5.74) is 1.23. The molecule has 0 bridgehead atoms. The van der Waals surface area contributed by atoms with E-state index < -0.39 is 0 Å². The third kappa shape index (κ3) is 4.84. The average Bonchev–Trinajstić information content (AvgIpc) is 2.27. The maximum Gasteiger partial charge on any atom is 0.119 e. The van der Waals surface area contributed by atoms with Gasteiger partial charge in [-0.2, -0.15) is 0 Å². The van der Waals surface area contributed by atoms with Crippen molar-refractivity contribution in [1.29, 1.82) is 0 Å². The van der Waals surface area contributed by atoms with Gasteiger partial charge in [-0.1, -0.05) is 19.8 Å². The monoisotopic (exact) mass is 206 g/mol. The van der Waals surface area contributed by atoms with Gasteiger partial charge < -0.3 is 10.1 Å². The van der Waals surface area contributed by atoms with Gasteiger partial charge in [-0.3, -0.25) is 0 Å². The molecule has 0 heterocycles. The Morgan fingerprint density at radius 2 is 1.93 bits per heavy atom. The van der Waals surface area contributed by atoms with Crippen LogP contribution in [0.3, 0.4) is 0 Å². The first-order chi connectivity index (χ1) is 7.36. The van der Waals surface area contributed by atoms with Crippen LogP contribution in [0.15, 0.2) is 24.3 Å². The first-order valence-corrected chi connectivity index (χ1v) is 5.58. The molecule has 83 valence electrons. The van der Waals surface area contributed by atoms with Crippen LogP contribution in [0, 0.1) is 7.05 Å². The molecule has 2 heteroatoms. The molecule has 2 nitrogen and oxygen atoms in total. The van der Waals surface area contributed by atoms with E-state index >= 15 is 0 Å². The number of hydrogen-bond acceptors (Lipinski definition) is 2. The van der Waals surface area contributed by atoms with Crippen molar-refractivity contribution in [2.24, 2.45) is 0 Å². The number of nitrogens with one attached hydrogen (secondary N) is 1. The van der Waals surface area contributed by atoms with Crippen LogP contribution in [-0.2, 0) is 6.54 Å². The lowest BCUT2D eigenvalue weighted by Gasteiger charge is -2.06. The van der Waals surface area contributed by atoms with E-state index in [2.05, 4.69) is 31.4 Å². The summed E-state index contributed by atoms with van der Waals surface area (Å²) in [6.07, 6.45) is 3.61. The van der Waals surface area contributed by atoms with Gasteiger partial charge in [0.25, 0.3) is 0 Å². The summed E-state index contributed by atoms with van der Waals surface area (Å²) in [7, 11) is 3.59. The van der Waals surface area contributed by atoms with E-state index in [0.717, 1.165) is 25.3 Å². The Balaban J connectivity index is 2.29. The molecular weight excluding hydrogens is 186 g/mol. The van der Waals surface area contributed by atoms with E-state index in [1.165, 1.54) is 18.4 Å². The molecular formula is C13H20NO. The highest BCUT2D eigenvalue weighted by molar-refractivity contribution is 5.26. The minimum atomic E-state index is 0.802. The summed E-state index contributed by atoms with van der Waals surface area (Å²) in [5, 5.41) is 2.87. The molecule has 15 heavy (non-hydrogen) atoms. The summed E-state index contributed by atoms with van der Waals surface area (Å²) in [5.74, 6) is 0.957. The normalized spacial score (nSPS) is 10.3. The van der Waals surface area contributed by atoms with Gasteiger partial charge >= 0.3 is 0 Å². The van der Waals surface area contributed by atoms with Crippen molar-refractivity contribution in [3.63, 3.8) is 0 Å². The zero-order chi connectivity index (χ0) is 10.9. The smallest absolute Gasteiger partial charge is 0.119 e. The van der Waals surface area contributed by atoms with Crippen LogP contribution >= 0.6 is 0 Å². The minimum Gasteiger partial charge on any atom is -0.494 e. The second-order valence-corrected chi connectivity index (χ2v) is 3.63. The number of rotatable bonds is 7. The Bertz CT molecular complexity index is 256. The van der Waals surface area contributed by atoms with Crippen LogP contribution in [0.25, 0.3) is 0 Å². The molecule has 0 aliphatic carbocycles. The van der Waals surface area contributed by atoms with Gasteiger partial charge in [-0.25, -0.2) is 0 Å². The second kappa shape index (κ2) is 7.30. The fourth-order valence-corrected chi connectivity index (χ4v) is 1.39. The van der Waals surface area contributed by atoms with E-state index in [1.54, 1.807) is 0 Å². The number of ether oxygens (including phenoxy) is 1. The Kier molecular flexibility index (Phi) is 5.86. The van der Waals surface area contributed by atoms with Crippen molar-refractivity contribution in [2.75, 3.05) is 6.61 Å². The fraction of sp³-hybridized carbons (Fsp3) is 0.462. The molecule has 0 amide bonds. The largest absolute Gasteiger partial charge is 0.494 e. The zero-order valence-corrected chi connectivity index (χ0v) is 9.46. The third-order valence-electron chi connectivity index (χ3n) is 2.27. The van der Waals surface area contributed by atoms with Crippen LogP contribution in [0.4, 0.5) is 0 Å². The van der Waals surface area contributed by atoms with Crippen molar-refractivity contribution in [1.82, 2.24) is 0 Å². The molecule has 0 unspecified atom stereocenters. The van der Waals surface area contributed by atoms with Crippen molar-refractivity contribution in [2.45, 2.75) is 32.7 Å². The first-order valence-electron chi connectivity index (χ1n) is 5.58. The molecule has 0 saturated heterocycles. The van der Waals surface area contributed by atoms with E-state index in [0.29, 0.717) is 0 Å². The quantitative estimate of drug-likeness (QED) is 0.535. The predicted molar refractivity (Wildman–Crippen MR) is 61.5 cm³/mol. The Hall–Kier alpha value is -1.02. The molecule has 1 aromatic carbocycles. The maximum atomic E-state index is 5.61. The topological polar surface area (TPSA) is 24.8 Å². The molecule has 0 aliphatic heterocycles. The van der Waals surface area contributed by atoms with Gasteiger partial charge in [0.15, 0.2) is 0 Å². The molecule has 0 spiro atoms. The highest BCUT2D eigenvalue weighted by Crippen LogP contribution is 2.12. The van der Waals surface area contributed by atoms with E-state index in [-0.39, 0.29) is 0 Å². The van der Waals surface area contributed by atoms with Gasteiger partial charge in [0.2, 0.25) is 0 Å². The van der Waals surface area contributed by atoms with Crippen molar-refractivity contribution in [3.05, 3.63) is 36.9 Å². The Morgan fingerprint density at radius 1 is 1.20 bits per heavy atom. The van der Waals surface area contributed by atoms with Gasteiger partial charge in [-0.05, 0) is 30.7 Å². The molecule has 0 fully saturated rings. The SMILES string of the molecule is [CH2-][NH+]Cc1ccc(OCCCCC)cc1. The number of benzene rings is 1. The standard InChI is InChI=1S/C13H20NO/c1-3-4-5-10-15-13-8-6-12(7-9-13)11-14-2/h6-9,14H,2-5,10-11H2,1H3. The average molecular weight is 206 g/mol. The number of unbranched alkanes of at least 4 members (excludes halogenated alkanes) is 2. The lowest BCUT2D eigenvalue weighted by Crippen LogP contribution is -2.74. The highest BCUT2D eigenvalue weighted by atomic mass is 16.5. The summed E-state index contributed by atoms with van der Waals surface area (Å²) in [4.78, 5) is 0. The van der Waals surface area contributed by atoms with Gasteiger partial charge in [0.05, 0.1) is 6.61 Å². The molecule has 1 rings (SSSR count). The predicted octanol–water partition coefficient (Wildman–Crippen LogP) is 1.90. The molecule has 0 atom stereocenters. The minimum absolute atomic E-state index is 0.802. The highest BCUT2D eigenvalue weighted by Gasteiger charge is 1.95. The lowest BCUT2D eigenvalue weighted by molar-refractivity contribution is -0.612. The fourth-order valence-electron chi connectivity index (χ4n) is 1.39. The van der Waals surface area contributed by atoms with E-state index in [1.807, 2.05) is 12.1 Å². The Morgan fingerprint density at radius 3 is 2.53 bits per heavy atom. The van der Waals surface area contributed by atoms with Crippen LogP contribution < -0.4 is 10.1 Å². The van der Waals surface area contributed by atoms with Crippen LogP contribution in [0.1, 0.15) is 31.7 Å². The molecule has 1 aromatic rings. The van der Waals surface area contributed by atoms with E-state index in [9.17, 15) is 0 Å². The van der Waals surface area contributed by atoms with Gasteiger partial charge in [-0.15, -0.1) is 7.05 Å². The molecule has 0 saturated carbocycles. The maximum absolute atomic E-state index is 5.61. The molecule has 1 N–H and O–H groups in total. The van der Waals surface area contributed by atoms with Crippen LogP contribution in [-0.4, -0.2) is 6.61 Å². The van der Waals surface area contributed by atoms with Crippen LogP contribution in [0.5, 0.6) is 5.75 Å². The lowest BCUT2D eigenvalue weighted by atomic mass is 10.2. The molecule has 1 radical (unpaired) electrons. The molecule has 0 aliphatic rings.